The molecule has 7 heteroatoms. The van der Waals surface area contributed by atoms with Crippen molar-refractivity contribution in [3.63, 3.8) is 0 Å². The Bertz CT molecular complexity index is 1140. The molecule has 3 aromatic rings. The molecule has 0 radical (unpaired) electrons. The second kappa shape index (κ2) is 8.39. The first-order valence-corrected chi connectivity index (χ1v) is 9.57. The number of carbonyl (C=O) groups excluding carboxylic acids is 2. The molecule has 4 rings (SSSR count). The van der Waals surface area contributed by atoms with E-state index in [-0.39, 0.29) is 17.9 Å². The molecule has 1 saturated heterocycles. The van der Waals surface area contributed by atoms with Gasteiger partial charge in [0.2, 0.25) is 0 Å². The Morgan fingerprint density at radius 1 is 1.03 bits per heavy atom. The smallest absolute Gasteiger partial charge is 0.295 e. The van der Waals surface area contributed by atoms with Crippen molar-refractivity contribution >= 4 is 17.4 Å². The van der Waals surface area contributed by atoms with Crippen LogP contribution in [0.3, 0.4) is 0 Å². The van der Waals surface area contributed by atoms with Gasteiger partial charge in [0, 0.05) is 24.5 Å². The van der Waals surface area contributed by atoms with Gasteiger partial charge in [-0.2, -0.15) is 0 Å². The summed E-state index contributed by atoms with van der Waals surface area (Å²) in [5.41, 5.74) is 1.67. The molecule has 1 fully saturated rings. The van der Waals surface area contributed by atoms with Crippen molar-refractivity contribution in [2.24, 2.45) is 0 Å². The molecule has 6 nitrogen and oxygen atoms in total. The lowest BCUT2D eigenvalue weighted by Crippen LogP contribution is -2.29. The van der Waals surface area contributed by atoms with Gasteiger partial charge in [0.1, 0.15) is 17.3 Å². The summed E-state index contributed by atoms with van der Waals surface area (Å²) >= 11 is 0. The predicted octanol–water partition coefficient (Wildman–Crippen LogP) is 3.85. The quantitative estimate of drug-likeness (QED) is 0.387. The molecular formula is C24H19FN2O4. The van der Waals surface area contributed by atoms with Gasteiger partial charge in [-0.1, -0.05) is 12.1 Å². The number of halogens is 1. The Morgan fingerprint density at radius 2 is 1.68 bits per heavy atom. The fourth-order valence-electron chi connectivity index (χ4n) is 3.63. The minimum Gasteiger partial charge on any atom is -0.507 e. The van der Waals surface area contributed by atoms with Crippen molar-refractivity contribution < 1.29 is 23.8 Å². The summed E-state index contributed by atoms with van der Waals surface area (Å²) in [6.45, 7) is 0.0806. The highest BCUT2D eigenvalue weighted by atomic mass is 19.1. The number of nitrogens with zero attached hydrogens (tertiary/aromatic N) is 2. The normalized spacial score (nSPS) is 17.7. The van der Waals surface area contributed by atoms with Gasteiger partial charge in [-0.3, -0.25) is 14.6 Å². The molecule has 0 saturated carbocycles. The topological polar surface area (TPSA) is 79.7 Å². The van der Waals surface area contributed by atoms with E-state index in [0.29, 0.717) is 22.4 Å². The Balaban J connectivity index is 1.81. The van der Waals surface area contributed by atoms with Crippen LogP contribution in [0.5, 0.6) is 5.75 Å². The van der Waals surface area contributed by atoms with Crippen LogP contribution in [0.15, 0.2) is 78.6 Å². The van der Waals surface area contributed by atoms with Crippen LogP contribution in [0.25, 0.3) is 5.76 Å². The SMILES string of the molecule is COc1ccc(/C(O)=C2/C(=O)C(=O)N(Cc3ccc(F)cc3)C2c2ccncc2)cc1. The van der Waals surface area contributed by atoms with Gasteiger partial charge >= 0.3 is 0 Å². The highest BCUT2D eigenvalue weighted by molar-refractivity contribution is 6.46. The highest BCUT2D eigenvalue weighted by Crippen LogP contribution is 2.40. The molecule has 1 N–H and O–H groups in total. The maximum absolute atomic E-state index is 13.3. The minimum atomic E-state index is -0.810. The van der Waals surface area contributed by atoms with Gasteiger partial charge in [-0.15, -0.1) is 0 Å². The fourth-order valence-corrected chi connectivity index (χ4v) is 3.63. The number of hydrogen-bond acceptors (Lipinski definition) is 5. The Morgan fingerprint density at radius 3 is 2.29 bits per heavy atom. The van der Waals surface area contributed by atoms with Gasteiger partial charge in [0.05, 0.1) is 18.7 Å². The number of aliphatic hydroxyl groups excluding tert-OH is 1. The molecule has 1 aliphatic heterocycles. The van der Waals surface area contributed by atoms with Crippen LogP contribution >= 0.6 is 0 Å². The van der Waals surface area contributed by atoms with Crippen LogP contribution in [0, 0.1) is 5.82 Å². The summed E-state index contributed by atoms with van der Waals surface area (Å²) in [7, 11) is 1.53. The van der Waals surface area contributed by atoms with Gasteiger partial charge in [-0.05, 0) is 59.7 Å². The van der Waals surface area contributed by atoms with E-state index in [4.69, 9.17) is 4.74 Å². The zero-order valence-corrected chi connectivity index (χ0v) is 16.7. The third kappa shape index (κ3) is 3.90. The monoisotopic (exact) mass is 418 g/mol. The molecule has 2 heterocycles. The number of aromatic nitrogens is 1. The van der Waals surface area contributed by atoms with Crippen molar-refractivity contribution in [1.82, 2.24) is 9.88 Å². The van der Waals surface area contributed by atoms with Crippen molar-refractivity contribution in [2.75, 3.05) is 7.11 Å². The number of carbonyl (C=O) groups is 2. The van der Waals surface area contributed by atoms with E-state index in [1.807, 2.05) is 0 Å². The van der Waals surface area contributed by atoms with E-state index >= 15 is 0 Å². The molecule has 1 atom stereocenters. The number of Topliss-reactive ketones (excluding diaryl/α,β-unsaturated/α-hetero) is 1. The van der Waals surface area contributed by atoms with Crippen LogP contribution in [0.4, 0.5) is 4.39 Å². The predicted molar refractivity (Wildman–Crippen MR) is 111 cm³/mol. The van der Waals surface area contributed by atoms with Crippen LogP contribution in [0.1, 0.15) is 22.7 Å². The molecule has 0 bridgehead atoms. The molecule has 1 amide bonds. The summed E-state index contributed by atoms with van der Waals surface area (Å²) in [6.07, 6.45) is 3.11. The maximum Gasteiger partial charge on any atom is 0.295 e. The van der Waals surface area contributed by atoms with Crippen molar-refractivity contribution in [1.29, 1.82) is 0 Å². The number of benzene rings is 2. The number of pyridine rings is 1. The van der Waals surface area contributed by atoms with Crippen LogP contribution in [-0.4, -0.2) is 33.8 Å². The van der Waals surface area contributed by atoms with E-state index in [1.54, 1.807) is 60.9 Å². The van der Waals surface area contributed by atoms with Crippen molar-refractivity contribution in [2.45, 2.75) is 12.6 Å². The molecule has 31 heavy (non-hydrogen) atoms. The molecule has 0 spiro atoms. The van der Waals surface area contributed by atoms with E-state index in [2.05, 4.69) is 4.98 Å². The van der Waals surface area contributed by atoms with Gasteiger partial charge in [0.15, 0.2) is 0 Å². The fraction of sp³-hybridized carbons (Fsp3) is 0.125. The molecule has 0 aliphatic carbocycles. The summed E-state index contributed by atoms with van der Waals surface area (Å²) in [6, 6.07) is 14.8. The largest absolute Gasteiger partial charge is 0.507 e. The average Bonchev–Trinajstić information content (AvgIpc) is 3.05. The van der Waals surface area contributed by atoms with Gasteiger partial charge < -0.3 is 14.7 Å². The zero-order chi connectivity index (χ0) is 22.0. The Kier molecular flexibility index (Phi) is 5.49. The van der Waals surface area contributed by atoms with E-state index in [0.717, 1.165) is 0 Å². The number of hydrogen-bond donors (Lipinski definition) is 1. The number of amides is 1. The number of ketones is 1. The third-order valence-electron chi connectivity index (χ3n) is 5.19. The third-order valence-corrected chi connectivity index (χ3v) is 5.19. The first-order valence-electron chi connectivity index (χ1n) is 9.57. The summed E-state index contributed by atoms with van der Waals surface area (Å²) in [4.78, 5) is 31.3. The number of methoxy groups -OCH3 is 1. The zero-order valence-electron chi connectivity index (χ0n) is 16.7. The molecular weight excluding hydrogens is 399 g/mol. The first kappa shape index (κ1) is 20.3. The van der Waals surface area contributed by atoms with E-state index in [9.17, 15) is 19.1 Å². The van der Waals surface area contributed by atoms with Crippen LogP contribution in [0.2, 0.25) is 0 Å². The van der Waals surface area contributed by atoms with E-state index in [1.165, 1.54) is 24.1 Å². The second-order valence-corrected chi connectivity index (χ2v) is 7.06. The number of aliphatic hydroxyl groups is 1. The molecule has 156 valence electrons. The Hall–Kier alpha value is -4.00. The Labute approximate surface area is 178 Å². The number of likely N-dealkylation sites (tertiary alicyclic amines) is 1. The molecule has 2 aromatic carbocycles. The number of rotatable bonds is 5. The van der Waals surface area contributed by atoms with Crippen LogP contribution < -0.4 is 4.74 Å². The lowest BCUT2D eigenvalue weighted by atomic mass is 9.96. The molecule has 1 aromatic heterocycles. The lowest BCUT2D eigenvalue weighted by molar-refractivity contribution is -0.140. The maximum atomic E-state index is 13.3. The highest BCUT2D eigenvalue weighted by Gasteiger charge is 2.46. The van der Waals surface area contributed by atoms with Crippen molar-refractivity contribution in [3.05, 3.63) is 101 Å². The lowest BCUT2D eigenvalue weighted by Gasteiger charge is -2.25. The summed E-state index contributed by atoms with van der Waals surface area (Å²) in [5, 5.41) is 11.0. The number of ether oxygens (including phenoxy) is 1. The minimum absolute atomic E-state index is 0.0107. The molecule has 1 aliphatic rings. The average molecular weight is 418 g/mol. The first-order chi connectivity index (χ1) is 15.0. The van der Waals surface area contributed by atoms with Crippen LogP contribution in [-0.2, 0) is 16.1 Å². The summed E-state index contributed by atoms with van der Waals surface area (Å²) < 4.78 is 18.4. The van der Waals surface area contributed by atoms with Gasteiger partial charge in [0.25, 0.3) is 11.7 Å². The van der Waals surface area contributed by atoms with E-state index < -0.39 is 23.5 Å². The second-order valence-electron chi connectivity index (χ2n) is 7.06. The molecule has 1 unspecified atom stereocenters. The van der Waals surface area contributed by atoms with Gasteiger partial charge in [-0.25, -0.2) is 4.39 Å². The van der Waals surface area contributed by atoms with Crippen molar-refractivity contribution in [3.8, 4) is 5.75 Å². The standard InChI is InChI=1S/C24H19FN2O4/c1-31-19-8-4-17(5-9-19)22(28)20-21(16-10-12-26-13-11-16)27(24(30)23(20)29)14-15-2-6-18(25)7-3-15/h2-13,21,28H,14H2,1H3/b22-20-. The summed E-state index contributed by atoms with van der Waals surface area (Å²) in [5.74, 6) is -1.59.